The van der Waals surface area contributed by atoms with E-state index in [4.69, 9.17) is 5.73 Å². The molecule has 100 valence electrons. The molecule has 0 spiro atoms. The molecule has 1 aliphatic rings. The molecule has 0 saturated heterocycles. The highest BCUT2D eigenvalue weighted by Gasteiger charge is 2.29. The molecule has 0 bridgehead atoms. The smallest absolute Gasteiger partial charge is 0.123 e. The van der Waals surface area contributed by atoms with Gasteiger partial charge in [-0.2, -0.15) is 0 Å². The Labute approximate surface area is 110 Å². The standard InChI is InChI=1S/C16H24FN/c1-11(2)13-6-7-16(18)14(10-13)8-12-4-3-5-15(17)9-12/h3-5,9,11,13-14,16H,6-8,10,18H2,1-2H3. The lowest BCUT2D eigenvalue weighted by atomic mass is 9.72. The second-order valence-corrected chi connectivity index (χ2v) is 6.08. The van der Waals surface area contributed by atoms with Crippen molar-refractivity contribution in [3.05, 3.63) is 35.6 Å². The normalized spacial score (nSPS) is 28.6. The van der Waals surface area contributed by atoms with E-state index in [9.17, 15) is 4.39 Å². The van der Waals surface area contributed by atoms with Crippen LogP contribution >= 0.6 is 0 Å². The summed E-state index contributed by atoms with van der Waals surface area (Å²) < 4.78 is 13.2. The van der Waals surface area contributed by atoms with E-state index in [1.54, 1.807) is 12.1 Å². The van der Waals surface area contributed by atoms with Gasteiger partial charge in [0, 0.05) is 6.04 Å². The predicted octanol–water partition coefficient (Wildman–Crippen LogP) is 3.77. The number of rotatable bonds is 3. The van der Waals surface area contributed by atoms with Gasteiger partial charge in [0.1, 0.15) is 5.82 Å². The van der Waals surface area contributed by atoms with Gasteiger partial charge < -0.3 is 5.73 Å². The van der Waals surface area contributed by atoms with Gasteiger partial charge in [-0.1, -0.05) is 26.0 Å². The molecule has 0 aliphatic heterocycles. The summed E-state index contributed by atoms with van der Waals surface area (Å²) in [6.07, 6.45) is 4.47. The highest BCUT2D eigenvalue weighted by Crippen LogP contribution is 2.34. The Kier molecular flexibility index (Phi) is 4.39. The molecule has 2 N–H and O–H groups in total. The van der Waals surface area contributed by atoms with Crippen molar-refractivity contribution in [3.63, 3.8) is 0 Å². The third kappa shape index (κ3) is 3.32. The van der Waals surface area contributed by atoms with Crippen LogP contribution in [0.1, 0.15) is 38.7 Å². The summed E-state index contributed by atoms with van der Waals surface area (Å²) in [6, 6.07) is 7.23. The summed E-state index contributed by atoms with van der Waals surface area (Å²) in [7, 11) is 0. The fourth-order valence-corrected chi connectivity index (χ4v) is 3.13. The minimum atomic E-state index is -0.141. The third-order valence-electron chi connectivity index (χ3n) is 4.41. The molecule has 0 aromatic heterocycles. The summed E-state index contributed by atoms with van der Waals surface area (Å²) in [4.78, 5) is 0. The Hall–Kier alpha value is -0.890. The molecule has 2 heteroatoms. The van der Waals surface area contributed by atoms with Crippen molar-refractivity contribution in [1.82, 2.24) is 0 Å². The topological polar surface area (TPSA) is 26.0 Å². The number of nitrogens with two attached hydrogens (primary N) is 1. The summed E-state index contributed by atoms with van der Waals surface area (Å²) in [5.41, 5.74) is 7.32. The van der Waals surface area contributed by atoms with Gasteiger partial charge in [-0.25, -0.2) is 4.39 Å². The van der Waals surface area contributed by atoms with Gasteiger partial charge in [0.05, 0.1) is 0 Å². The Morgan fingerprint density at radius 2 is 2.11 bits per heavy atom. The zero-order valence-corrected chi connectivity index (χ0v) is 11.4. The van der Waals surface area contributed by atoms with E-state index in [1.807, 2.05) is 6.07 Å². The van der Waals surface area contributed by atoms with Gasteiger partial charge in [0.15, 0.2) is 0 Å². The van der Waals surface area contributed by atoms with Crippen LogP contribution in [0, 0.1) is 23.6 Å². The van der Waals surface area contributed by atoms with Crippen molar-refractivity contribution in [1.29, 1.82) is 0 Å². The molecule has 18 heavy (non-hydrogen) atoms. The lowest BCUT2D eigenvalue weighted by molar-refractivity contribution is 0.189. The zero-order chi connectivity index (χ0) is 13.1. The van der Waals surface area contributed by atoms with Crippen molar-refractivity contribution in [3.8, 4) is 0 Å². The fourth-order valence-electron chi connectivity index (χ4n) is 3.13. The first-order valence-corrected chi connectivity index (χ1v) is 7.06. The Balaban J connectivity index is 2.02. The van der Waals surface area contributed by atoms with Crippen molar-refractivity contribution in [2.75, 3.05) is 0 Å². The quantitative estimate of drug-likeness (QED) is 0.867. The number of benzene rings is 1. The van der Waals surface area contributed by atoms with Gasteiger partial charge in [-0.15, -0.1) is 0 Å². The van der Waals surface area contributed by atoms with Crippen LogP contribution in [0.5, 0.6) is 0 Å². The van der Waals surface area contributed by atoms with Crippen molar-refractivity contribution < 1.29 is 4.39 Å². The summed E-state index contributed by atoms with van der Waals surface area (Å²) >= 11 is 0. The molecule has 1 fully saturated rings. The second kappa shape index (κ2) is 5.83. The first-order chi connectivity index (χ1) is 8.56. The maximum absolute atomic E-state index is 13.2. The molecule has 1 aromatic rings. The monoisotopic (exact) mass is 249 g/mol. The van der Waals surface area contributed by atoms with Gasteiger partial charge in [0.2, 0.25) is 0 Å². The average molecular weight is 249 g/mol. The van der Waals surface area contributed by atoms with E-state index in [0.717, 1.165) is 30.2 Å². The minimum absolute atomic E-state index is 0.141. The average Bonchev–Trinajstić information content (AvgIpc) is 2.31. The molecule has 1 aliphatic carbocycles. The maximum atomic E-state index is 13.2. The lowest BCUT2D eigenvalue weighted by Crippen LogP contribution is -2.38. The second-order valence-electron chi connectivity index (χ2n) is 6.08. The van der Waals surface area contributed by atoms with Crippen LogP contribution in [0.2, 0.25) is 0 Å². The number of halogens is 1. The minimum Gasteiger partial charge on any atom is -0.327 e. The molecule has 1 saturated carbocycles. The molecular formula is C16H24FN. The molecule has 0 radical (unpaired) electrons. The van der Waals surface area contributed by atoms with E-state index < -0.39 is 0 Å². The van der Waals surface area contributed by atoms with Gasteiger partial charge in [-0.05, 0) is 61.1 Å². The van der Waals surface area contributed by atoms with Gasteiger partial charge >= 0.3 is 0 Å². The Morgan fingerprint density at radius 3 is 2.78 bits per heavy atom. The number of hydrogen-bond acceptors (Lipinski definition) is 1. The van der Waals surface area contributed by atoms with Crippen LogP contribution in [-0.2, 0) is 6.42 Å². The van der Waals surface area contributed by atoms with Crippen LogP contribution in [0.25, 0.3) is 0 Å². The molecule has 3 atom stereocenters. The van der Waals surface area contributed by atoms with E-state index in [1.165, 1.54) is 18.9 Å². The predicted molar refractivity (Wildman–Crippen MR) is 73.7 cm³/mol. The third-order valence-corrected chi connectivity index (χ3v) is 4.41. The van der Waals surface area contributed by atoms with Gasteiger partial charge in [-0.3, -0.25) is 0 Å². The summed E-state index contributed by atoms with van der Waals surface area (Å²) in [5, 5.41) is 0. The van der Waals surface area contributed by atoms with Crippen molar-refractivity contribution in [2.45, 2.75) is 45.6 Å². The molecule has 2 rings (SSSR count). The van der Waals surface area contributed by atoms with Crippen LogP contribution in [-0.4, -0.2) is 6.04 Å². The molecule has 0 amide bonds. The molecule has 1 nitrogen and oxygen atoms in total. The van der Waals surface area contributed by atoms with Crippen molar-refractivity contribution in [2.24, 2.45) is 23.5 Å². The zero-order valence-electron chi connectivity index (χ0n) is 11.4. The van der Waals surface area contributed by atoms with Crippen molar-refractivity contribution >= 4 is 0 Å². The maximum Gasteiger partial charge on any atom is 0.123 e. The number of hydrogen-bond donors (Lipinski definition) is 1. The Morgan fingerprint density at radius 1 is 1.33 bits per heavy atom. The van der Waals surface area contributed by atoms with Crippen LogP contribution in [0.3, 0.4) is 0 Å². The SMILES string of the molecule is CC(C)C1CCC(N)C(Cc2cccc(F)c2)C1. The van der Waals surface area contributed by atoms with Gasteiger partial charge in [0.25, 0.3) is 0 Å². The van der Waals surface area contributed by atoms with E-state index >= 15 is 0 Å². The molecule has 3 unspecified atom stereocenters. The highest BCUT2D eigenvalue weighted by atomic mass is 19.1. The molecule has 0 heterocycles. The molecular weight excluding hydrogens is 225 g/mol. The summed E-state index contributed by atoms with van der Waals surface area (Å²) in [5.74, 6) is 1.88. The Bertz CT molecular complexity index is 388. The summed E-state index contributed by atoms with van der Waals surface area (Å²) in [6.45, 7) is 4.58. The fraction of sp³-hybridized carbons (Fsp3) is 0.625. The molecule has 1 aromatic carbocycles. The van der Waals surface area contributed by atoms with Crippen LogP contribution in [0.15, 0.2) is 24.3 Å². The van der Waals surface area contributed by atoms with Crippen LogP contribution in [0.4, 0.5) is 4.39 Å². The van der Waals surface area contributed by atoms with Crippen LogP contribution < -0.4 is 5.73 Å². The lowest BCUT2D eigenvalue weighted by Gasteiger charge is -2.36. The van der Waals surface area contributed by atoms with E-state index in [2.05, 4.69) is 13.8 Å². The first kappa shape index (κ1) is 13.5. The first-order valence-electron chi connectivity index (χ1n) is 7.06. The highest BCUT2D eigenvalue weighted by molar-refractivity contribution is 5.17. The van der Waals surface area contributed by atoms with E-state index in [0.29, 0.717) is 5.92 Å². The largest absolute Gasteiger partial charge is 0.327 e. The van der Waals surface area contributed by atoms with E-state index in [-0.39, 0.29) is 11.9 Å².